The van der Waals surface area contributed by atoms with Crippen molar-refractivity contribution in [3.8, 4) is 0 Å². The van der Waals surface area contributed by atoms with Crippen molar-refractivity contribution < 1.29 is 14.3 Å². The highest BCUT2D eigenvalue weighted by Gasteiger charge is 2.24. The maximum absolute atomic E-state index is 13.0. The third-order valence-electron chi connectivity index (χ3n) is 5.74. The number of anilines is 3. The molecule has 2 heterocycles. The maximum Gasteiger partial charge on any atom is 0.325 e. The van der Waals surface area contributed by atoms with Gasteiger partial charge in [0.2, 0.25) is 5.95 Å². The van der Waals surface area contributed by atoms with Crippen LogP contribution in [0.5, 0.6) is 0 Å². The first-order valence-corrected chi connectivity index (χ1v) is 12.3. The van der Waals surface area contributed by atoms with Crippen LogP contribution < -0.4 is 15.5 Å². The molecule has 188 valence electrons. The summed E-state index contributed by atoms with van der Waals surface area (Å²) in [5, 5.41) is 5.96. The number of amides is 1. The van der Waals surface area contributed by atoms with Crippen LogP contribution in [0, 0.1) is 0 Å². The molecular formula is C28H33N5O3. The number of para-hydroxylation sites is 1. The third-order valence-corrected chi connectivity index (χ3v) is 5.74. The van der Waals surface area contributed by atoms with Crippen LogP contribution in [-0.4, -0.2) is 47.1 Å². The topological polar surface area (TPSA) is 96.4 Å². The van der Waals surface area contributed by atoms with Gasteiger partial charge in [-0.3, -0.25) is 9.59 Å². The molecule has 1 amide bonds. The standard InChI is InChI=1S/C28H33N5O3/c1-28(2,3)36-24(34)19-30-26(35)22-18-31-27(33-17-15-21-13-7-8-14-23(21)33)32-25(22)29-16-9-12-20-10-5-4-6-11-20/h4-8,10-11,13-14,18H,9,12,15-17,19H2,1-3H3,(H,30,35)(H,29,31,32). The Morgan fingerprint density at radius 1 is 1.06 bits per heavy atom. The van der Waals surface area contributed by atoms with Gasteiger partial charge < -0.3 is 20.3 Å². The molecule has 0 saturated heterocycles. The second-order valence-electron chi connectivity index (χ2n) is 9.75. The number of benzene rings is 2. The van der Waals surface area contributed by atoms with Gasteiger partial charge in [-0.15, -0.1) is 0 Å². The molecule has 0 bridgehead atoms. The number of nitrogens with zero attached hydrogens (tertiary/aromatic N) is 3. The van der Waals surface area contributed by atoms with E-state index < -0.39 is 17.5 Å². The average Bonchev–Trinajstić information content (AvgIpc) is 3.29. The van der Waals surface area contributed by atoms with E-state index >= 15 is 0 Å². The van der Waals surface area contributed by atoms with E-state index in [-0.39, 0.29) is 12.1 Å². The molecule has 3 aromatic rings. The van der Waals surface area contributed by atoms with Crippen molar-refractivity contribution in [3.63, 3.8) is 0 Å². The number of fused-ring (bicyclic) bond motifs is 1. The summed E-state index contributed by atoms with van der Waals surface area (Å²) in [5.74, 6) is 0.0487. The van der Waals surface area contributed by atoms with Gasteiger partial charge in [0.05, 0.1) is 0 Å². The van der Waals surface area contributed by atoms with E-state index in [2.05, 4.69) is 44.8 Å². The molecule has 0 atom stereocenters. The van der Waals surface area contributed by atoms with Crippen molar-refractivity contribution in [1.82, 2.24) is 15.3 Å². The first kappa shape index (κ1) is 25.2. The predicted octanol–water partition coefficient (Wildman–Crippen LogP) is 4.29. The molecule has 0 unspecified atom stereocenters. The molecular weight excluding hydrogens is 454 g/mol. The first-order valence-electron chi connectivity index (χ1n) is 12.3. The zero-order valence-electron chi connectivity index (χ0n) is 21.1. The number of carbonyl (C=O) groups excluding carboxylic acids is 2. The van der Waals surface area contributed by atoms with Gasteiger partial charge in [0.1, 0.15) is 23.5 Å². The molecule has 2 N–H and O–H groups in total. The summed E-state index contributed by atoms with van der Waals surface area (Å²) in [5.41, 5.74) is 3.25. The summed E-state index contributed by atoms with van der Waals surface area (Å²) in [6.45, 7) is 6.53. The van der Waals surface area contributed by atoms with Crippen LogP contribution in [0.3, 0.4) is 0 Å². The predicted molar refractivity (Wildman–Crippen MR) is 141 cm³/mol. The van der Waals surface area contributed by atoms with E-state index in [0.29, 0.717) is 18.3 Å². The van der Waals surface area contributed by atoms with E-state index in [1.54, 1.807) is 20.8 Å². The summed E-state index contributed by atoms with van der Waals surface area (Å²) in [7, 11) is 0. The Kier molecular flexibility index (Phi) is 7.83. The Morgan fingerprint density at radius 3 is 2.58 bits per heavy atom. The van der Waals surface area contributed by atoms with Crippen molar-refractivity contribution in [2.45, 2.75) is 45.6 Å². The number of rotatable bonds is 9. The quantitative estimate of drug-likeness (QED) is 0.343. The molecule has 0 spiro atoms. The van der Waals surface area contributed by atoms with E-state index in [9.17, 15) is 9.59 Å². The molecule has 0 fully saturated rings. The zero-order valence-corrected chi connectivity index (χ0v) is 21.1. The van der Waals surface area contributed by atoms with Crippen LogP contribution in [0.25, 0.3) is 0 Å². The number of nitrogens with one attached hydrogen (secondary N) is 2. The SMILES string of the molecule is CC(C)(C)OC(=O)CNC(=O)c1cnc(N2CCc3ccccc32)nc1NCCCc1ccccc1. The van der Waals surface area contributed by atoms with E-state index in [1.807, 2.05) is 30.3 Å². The minimum absolute atomic E-state index is 0.231. The molecule has 0 radical (unpaired) electrons. The third kappa shape index (κ3) is 6.59. The summed E-state index contributed by atoms with van der Waals surface area (Å²) >= 11 is 0. The van der Waals surface area contributed by atoms with E-state index in [1.165, 1.54) is 17.3 Å². The van der Waals surface area contributed by atoms with Crippen LogP contribution in [0.1, 0.15) is 48.7 Å². The lowest BCUT2D eigenvalue weighted by Gasteiger charge is -2.20. The van der Waals surface area contributed by atoms with Gasteiger partial charge >= 0.3 is 5.97 Å². The van der Waals surface area contributed by atoms with Crippen LogP contribution in [0.4, 0.5) is 17.5 Å². The van der Waals surface area contributed by atoms with Crippen LogP contribution in [0.2, 0.25) is 0 Å². The molecule has 8 heteroatoms. The normalized spacial score (nSPS) is 12.7. The van der Waals surface area contributed by atoms with E-state index in [0.717, 1.165) is 31.5 Å². The van der Waals surface area contributed by atoms with Crippen LogP contribution >= 0.6 is 0 Å². The van der Waals surface area contributed by atoms with Crippen molar-refractivity contribution in [1.29, 1.82) is 0 Å². The molecule has 0 saturated carbocycles. The van der Waals surface area contributed by atoms with Crippen molar-refractivity contribution in [2.75, 3.05) is 29.9 Å². The Hall–Kier alpha value is -3.94. The Morgan fingerprint density at radius 2 is 1.81 bits per heavy atom. The summed E-state index contributed by atoms with van der Waals surface area (Å²) < 4.78 is 5.29. The lowest BCUT2D eigenvalue weighted by Crippen LogP contribution is -2.35. The van der Waals surface area contributed by atoms with Gasteiger partial charge in [-0.25, -0.2) is 4.98 Å². The van der Waals surface area contributed by atoms with Gasteiger partial charge in [0.15, 0.2) is 0 Å². The lowest BCUT2D eigenvalue weighted by molar-refractivity contribution is -0.153. The van der Waals surface area contributed by atoms with Gasteiger partial charge in [-0.05, 0) is 57.2 Å². The second kappa shape index (κ2) is 11.2. The maximum atomic E-state index is 13.0. The molecule has 1 aliphatic heterocycles. The highest BCUT2D eigenvalue weighted by atomic mass is 16.6. The minimum atomic E-state index is -0.621. The average molecular weight is 488 g/mol. The summed E-state index contributed by atoms with van der Waals surface area (Å²) in [6, 6.07) is 18.5. The van der Waals surface area contributed by atoms with Crippen molar-refractivity contribution >= 4 is 29.3 Å². The Labute approximate surface area is 212 Å². The van der Waals surface area contributed by atoms with E-state index in [4.69, 9.17) is 9.72 Å². The number of carbonyl (C=O) groups is 2. The zero-order chi connectivity index (χ0) is 25.5. The molecule has 8 nitrogen and oxygen atoms in total. The molecule has 1 aliphatic rings. The van der Waals surface area contributed by atoms with Gasteiger partial charge in [-0.2, -0.15) is 4.98 Å². The summed E-state index contributed by atoms with van der Waals surface area (Å²) in [6.07, 6.45) is 4.21. The molecule has 4 rings (SSSR count). The fourth-order valence-electron chi connectivity index (χ4n) is 4.12. The van der Waals surface area contributed by atoms with Crippen LogP contribution in [0.15, 0.2) is 60.8 Å². The lowest BCUT2D eigenvalue weighted by atomic mass is 10.1. The van der Waals surface area contributed by atoms with Crippen molar-refractivity contribution in [2.24, 2.45) is 0 Å². The Bertz CT molecular complexity index is 1210. The van der Waals surface area contributed by atoms with Gasteiger partial charge in [-0.1, -0.05) is 48.5 Å². The number of aromatic nitrogens is 2. The fraction of sp³-hybridized carbons (Fsp3) is 0.357. The monoisotopic (exact) mass is 487 g/mol. The first-order chi connectivity index (χ1) is 17.3. The fourth-order valence-corrected chi connectivity index (χ4v) is 4.12. The molecule has 0 aliphatic carbocycles. The number of esters is 1. The van der Waals surface area contributed by atoms with Gasteiger partial charge in [0.25, 0.3) is 5.91 Å². The molecule has 1 aromatic heterocycles. The summed E-state index contributed by atoms with van der Waals surface area (Å²) in [4.78, 5) is 36.3. The van der Waals surface area contributed by atoms with Gasteiger partial charge in [0, 0.05) is 25.0 Å². The largest absolute Gasteiger partial charge is 0.459 e. The van der Waals surface area contributed by atoms with Crippen LogP contribution in [-0.2, 0) is 22.4 Å². The number of hydrogen-bond donors (Lipinski definition) is 2. The smallest absolute Gasteiger partial charge is 0.325 e. The molecule has 2 aromatic carbocycles. The second-order valence-corrected chi connectivity index (χ2v) is 9.75. The Balaban J connectivity index is 1.49. The number of ether oxygens (including phenoxy) is 1. The minimum Gasteiger partial charge on any atom is -0.459 e. The van der Waals surface area contributed by atoms with Crippen molar-refractivity contribution in [3.05, 3.63) is 77.5 Å². The number of aryl methyl sites for hydroxylation is 1. The highest BCUT2D eigenvalue weighted by molar-refractivity contribution is 6.00. The highest BCUT2D eigenvalue weighted by Crippen LogP contribution is 2.33. The molecule has 36 heavy (non-hydrogen) atoms. The number of hydrogen-bond acceptors (Lipinski definition) is 7.